The van der Waals surface area contributed by atoms with Crippen molar-refractivity contribution in [1.82, 2.24) is 10.6 Å². The molecule has 4 heteroatoms. The maximum Gasteiger partial charge on any atom is 0.233 e. The third-order valence-corrected chi connectivity index (χ3v) is 2.89. The van der Waals surface area contributed by atoms with E-state index in [9.17, 15) is 4.79 Å². The van der Waals surface area contributed by atoms with E-state index in [1.165, 1.54) is 0 Å². The van der Waals surface area contributed by atoms with Gasteiger partial charge in [0.15, 0.2) is 0 Å². The van der Waals surface area contributed by atoms with Crippen LogP contribution in [0.1, 0.15) is 32.4 Å². The molecular weight excluding hydrogens is 240 g/mol. The molecule has 0 bridgehead atoms. The molecule has 0 unspecified atom stereocenters. The van der Waals surface area contributed by atoms with E-state index >= 15 is 0 Å². The number of rotatable bonds is 7. The van der Waals surface area contributed by atoms with Crippen LogP contribution in [0.15, 0.2) is 24.3 Å². The van der Waals surface area contributed by atoms with Crippen LogP contribution in [0.2, 0.25) is 0 Å². The second-order valence-corrected chi connectivity index (χ2v) is 5.07. The Morgan fingerprint density at radius 2 is 1.84 bits per heavy atom. The molecule has 0 aliphatic carbocycles. The first-order chi connectivity index (χ1) is 9.02. The molecular formula is C15H24N2O2. The van der Waals surface area contributed by atoms with E-state index in [0.717, 1.165) is 17.9 Å². The van der Waals surface area contributed by atoms with Crippen molar-refractivity contribution in [3.63, 3.8) is 0 Å². The molecule has 0 fully saturated rings. The van der Waals surface area contributed by atoms with Crippen molar-refractivity contribution < 1.29 is 9.53 Å². The lowest BCUT2D eigenvalue weighted by Gasteiger charge is -2.15. The molecule has 1 rings (SSSR count). The summed E-state index contributed by atoms with van der Waals surface area (Å²) in [4.78, 5) is 11.6. The molecule has 106 valence electrons. The van der Waals surface area contributed by atoms with Gasteiger partial charge in [0.25, 0.3) is 0 Å². The summed E-state index contributed by atoms with van der Waals surface area (Å²) in [6, 6.07) is 7.99. The van der Waals surface area contributed by atoms with Crippen LogP contribution >= 0.6 is 0 Å². The molecule has 1 aromatic carbocycles. The van der Waals surface area contributed by atoms with Gasteiger partial charge in [-0.3, -0.25) is 4.79 Å². The number of carbonyl (C=O) groups is 1. The van der Waals surface area contributed by atoms with Crippen LogP contribution in [0.3, 0.4) is 0 Å². The maximum atomic E-state index is 11.6. The van der Waals surface area contributed by atoms with Crippen molar-refractivity contribution in [2.24, 2.45) is 5.92 Å². The first-order valence-electron chi connectivity index (χ1n) is 6.67. The van der Waals surface area contributed by atoms with Gasteiger partial charge in [-0.1, -0.05) is 26.0 Å². The first-order valence-corrected chi connectivity index (χ1v) is 6.67. The number of benzene rings is 1. The molecule has 0 heterocycles. The summed E-state index contributed by atoms with van der Waals surface area (Å²) in [5.41, 5.74) is 1.14. The van der Waals surface area contributed by atoms with Gasteiger partial charge < -0.3 is 15.4 Å². The van der Waals surface area contributed by atoms with Gasteiger partial charge in [-0.15, -0.1) is 0 Å². The molecule has 0 aromatic heterocycles. The van der Waals surface area contributed by atoms with Crippen molar-refractivity contribution in [3.05, 3.63) is 29.8 Å². The lowest BCUT2D eigenvalue weighted by Crippen LogP contribution is -2.36. The maximum absolute atomic E-state index is 11.6. The minimum atomic E-state index is 0.0362. The van der Waals surface area contributed by atoms with Crippen molar-refractivity contribution in [1.29, 1.82) is 0 Å². The van der Waals surface area contributed by atoms with E-state index in [2.05, 4.69) is 24.5 Å². The Bertz CT molecular complexity index is 388. The van der Waals surface area contributed by atoms with Gasteiger partial charge >= 0.3 is 0 Å². The molecule has 0 saturated heterocycles. The minimum Gasteiger partial charge on any atom is -0.497 e. The Morgan fingerprint density at radius 3 is 2.37 bits per heavy atom. The number of nitrogens with one attached hydrogen (secondary N) is 2. The van der Waals surface area contributed by atoms with Gasteiger partial charge in [-0.25, -0.2) is 0 Å². The zero-order valence-corrected chi connectivity index (χ0v) is 12.2. The van der Waals surface area contributed by atoms with Crippen LogP contribution in [0.25, 0.3) is 0 Å². The average molecular weight is 264 g/mol. The van der Waals surface area contributed by atoms with Gasteiger partial charge in [0.2, 0.25) is 5.91 Å². The Labute approximate surface area is 115 Å². The summed E-state index contributed by atoms with van der Waals surface area (Å²) in [7, 11) is 1.65. The lowest BCUT2D eigenvalue weighted by molar-refractivity contribution is -0.120. The van der Waals surface area contributed by atoms with Crippen LogP contribution in [-0.2, 0) is 4.79 Å². The van der Waals surface area contributed by atoms with Crippen LogP contribution in [-0.4, -0.2) is 26.1 Å². The number of hydrogen-bond donors (Lipinski definition) is 2. The molecule has 1 atom stereocenters. The van der Waals surface area contributed by atoms with E-state index < -0.39 is 0 Å². The second kappa shape index (κ2) is 7.79. The molecule has 0 radical (unpaired) electrons. The van der Waals surface area contributed by atoms with Crippen LogP contribution in [0.5, 0.6) is 5.75 Å². The highest BCUT2D eigenvalue weighted by atomic mass is 16.5. The Kier molecular flexibility index (Phi) is 6.36. The zero-order chi connectivity index (χ0) is 14.3. The number of methoxy groups -OCH3 is 1. The van der Waals surface area contributed by atoms with Crippen LogP contribution < -0.4 is 15.4 Å². The predicted octanol–water partition coefficient (Wildman–Crippen LogP) is 2.12. The third-order valence-electron chi connectivity index (χ3n) is 2.89. The molecule has 0 saturated carbocycles. The SMILES string of the molecule is COc1ccc([C@@H](C)NCC(=O)NCC(C)C)cc1. The fourth-order valence-corrected chi connectivity index (χ4v) is 1.64. The molecule has 4 nitrogen and oxygen atoms in total. The smallest absolute Gasteiger partial charge is 0.233 e. The normalized spacial score (nSPS) is 12.3. The third kappa shape index (κ3) is 5.75. The fourth-order valence-electron chi connectivity index (χ4n) is 1.64. The molecule has 1 aromatic rings. The average Bonchev–Trinajstić information content (AvgIpc) is 2.42. The molecule has 2 N–H and O–H groups in total. The summed E-state index contributed by atoms with van der Waals surface area (Å²) in [6.45, 7) is 7.25. The Hall–Kier alpha value is -1.55. The summed E-state index contributed by atoms with van der Waals surface area (Å²) >= 11 is 0. The summed E-state index contributed by atoms with van der Waals surface area (Å²) < 4.78 is 5.12. The lowest BCUT2D eigenvalue weighted by atomic mass is 10.1. The van der Waals surface area contributed by atoms with Crippen LogP contribution in [0, 0.1) is 5.92 Å². The van der Waals surface area contributed by atoms with E-state index in [1.807, 2.05) is 31.2 Å². The Morgan fingerprint density at radius 1 is 1.21 bits per heavy atom. The highest BCUT2D eigenvalue weighted by molar-refractivity contribution is 5.78. The number of amides is 1. The van der Waals surface area contributed by atoms with Gasteiger partial charge in [0.05, 0.1) is 13.7 Å². The van der Waals surface area contributed by atoms with E-state index in [1.54, 1.807) is 7.11 Å². The standard InChI is InChI=1S/C15H24N2O2/c1-11(2)9-17-15(18)10-16-12(3)13-5-7-14(19-4)8-6-13/h5-8,11-12,16H,9-10H2,1-4H3,(H,17,18)/t12-/m1/s1. The van der Waals surface area contributed by atoms with Crippen LogP contribution in [0.4, 0.5) is 0 Å². The second-order valence-electron chi connectivity index (χ2n) is 5.07. The van der Waals surface area contributed by atoms with Crippen molar-refractivity contribution >= 4 is 5.91 Å². The predicted molar refractivity (Wildman–Crippen MR) is 77.3 cm³/mol. The number of carbonyl (C=O) groups excluding carboxylic acids is 1. The molecule has 1 amide bonds. The number of ether oxygens (including phenoxy) is 1. The monoisotopic (exact) mass is 264 g/mol. The van der Waals surface area contributed by atoms with E-state index in [-0.39, 0.29) is 11.9 Å². The van der Waals surface area contributed by atoms with E-state index in [4.69, 9.17) is 4.74 Å². The molecule has 0 aliphatic rings. The van der Waals surface area contributed by atoms with Crippen molar-refractivity contribution in [2.45, 2.75) is 26.8 Å². The van der Waals surface area contributed by atoms with Gasteiger partial charge in [-0.05, 0) is 30.5 Å². The summed E-state index contributed by atoms with van der Waals surface area (Å²) in [5.74, 6) is 1.35. The fraction of sp³-hybridized carbons (Fsp3) is 0.533. The largest absolute Gasteiger partial charge is 0.497 e. The Balaban J connectivity index is 2.37. The van der Waals surface area contributed by atoms with Gasteiger partial charge in [-0.2, -0.15) is 0 Å². The minimum absolute atomic E-state index is 0.0362. The topological polar surface area (TPSA) is 50.4 Å². The summed E-state index contributed by atoms with van der Waals surface area (Å²) in [5, 5.41) is 6.09. The highest BCUT2D eigenvalue weighted by Crippen LogP contribution is 2.16. The van der Waals surface area contributed by atoms with Gasteiger partial charge in [0, 0.05) is 12.6 Å². The quantitative estimate of drug-likeness (QED) is 0.793. The van der Waals surface area contributed by atoms with E-state index in [0.29, 0.717) is 12.5 Å². The van der Waals surface area contributed by atoms with Gasteiger partial charge in [0.1, 0.15) is 5.75 Å². The first kappa shape index (κ1) is 15.5. The summed E-state index contributed by atoms with van der Waals surface area (Å²) in [6.07, 6.45) is 0. The zero-order valence-electron chi connectivity index (χ0n) is 12.2. The molecule has 0 spiro atoms. The van der Waals surface area contributed by atoms with Crippen molar-refractivity contribution in [2.75, 3.05) is 20.2 Å². The molecule has 0 aliphatic heterocycles. The van der Waals surface area contributed by atoms with Crippen molar-refractivity contribution in [3.8, 4) is 5.75 Å². The molecule has 19 heavy (non-hydrogen) atoms. The highest BCUT2D eigenvalue weighted by Gasteiger charge is 2.08. The number of hydrogen-bond acceptors (Lipinski definition) is 3.